The summed E-state index contributed by atoms with van der Waals surface area (Å²) < 4.78 is 0. The minimum Gasteiger partial charge on any atom is -0.387 e. The number of rotatable bonds is 4. The summed E-state index contributed by atoms with van der Waals surface area (Å²) in [6, 6.07) is 5.72. The molecule has 3 N–H and O–H groups in total. The maximum atomic E-state index is 10.1. The van der Waals surface area contributed by atoms with Crippen molar-refractivity contribution in [2.75, 3.05) is 5.73 Å². The molecule has 0 saturated heterocycles. The molecule has 3 aromatic heterocycles. The molecule has 0 amide bonds. The van der Waals surface area contributed by atoms with E-state index in [0.29, 0.717) is 17.9 Å². The second-order valence-electron chi connectivity index (χ2n) is 5.75. The average Bonchev–Trinajstić information content (AvgIpc) is 2.54. The van der Waals surface area contributed by atoms with E-state index in [1.165, 1.54) is 0 Å². The third-order valence-electron chi connectivity index (χ3n) is 3.94. The van der Waals surface area contributed by atoms with Gasteiger partial charge in [0.05, 0.1) is 17.5 Å². The summed E-state index contributed by atoms with van der Waals surface area (Å²) in [5, 5.41) is 12.0. The van der Waals surface area contributed by atoms with Crippen molar-refractivity contribution in [2.45, 2.75) is 32.8 Å². The molecule has 1 atom stereocenters. The van der Waals surface area contributed by atoms with E-state index in [4.69, 9.17) is 5.73 Å². The highest BCUT2D eigenvalue weighted by Crippen LogP contribution is 2.27. The maximum Gasteiger partial charge on any atom is 0.123 e. The molecule has 0 bridgehead atoms. The molecule has 3 rings (SSSR count). The molecule has 3 aromatic rings. The minimum absolute atomic E-state index is 0.485. The van der Waals surface area contributed by atoms with Gasteiger partial charge < -0.3 is 10.8 Å². The number of aliphatic hydroxyl groups is 1. The van der Waals surface area contributed by atoms with Crippen LogP contribution in [0.1, 0.15) is 37.1 Å². The van der Waals surface area contributed by atoms with E-state index in [-0.39, 0.29) is 0 Å². The van der Waals surface area contributed by atoms with Gasteiger partial charge in [-0.05, 0) is 37.1 Å². The van der Waals surface area contributed by atoms with Gasteiger partial charge in [0.15, 0.2) is 0 Å². The fraction of sp³-hybridized carbons (Fsp3) is 0.278. The summed E-state index contributed by atoms with van der Waals surface area (Å²) in [7, 11) is 0. The normalized spacial score (nSPS) is 12.5. The van der Waals surface area contributed by atoms with Gasteiger partial charge in [0.2, 0.25) is 0 Å². The van der Waals surface area contributed by atoms with Crippen LogP contribution in [0.15, 0.2) is 36.8 Å². The summed E-state index contributed by atoms with van der Waals surface area (Å²) >= 11 is 0. The fourth-order valence-corrected chi connectivity index (χ4v) is 2.65. The number of hydrogen-bond acceptors (Lipinski definition) is 5. The van der Waals surface area contributed by atoms with E-state index in [1.54, 1.807) is 24.7 Å². The largest absolute Gasteiger partial charge is 0.387 e. The van der Waals surface area contributed by atoms with Crippen LogP contribution >= 0.6 is 0 Å². The van der Waals surface area contributed by atoms with Crippen molar-refractivity contribution in [1.29, 1.82) is 0 Å². The Hall–Kier alpha value is -2.53. The number of nitrogen functional groups attached to an aromatic ring is 1. The number of anilines is 1. The van der Waals surface area contributed by atoms with Crippen LogP contribution in [0.2, 0.25) is 0 Å². The molecule has 1 unspecified atom stereocenters. The first-order valence-electron chi connectivity index (χ1n) is 7.74. The van der Waals surface area contributed by atoms with Gasteiger partial charge in [-0.15, -0.1) is 0 Å². The number of pyridine rings is 3. The van der Waals surface area contributed by atoms with Gasteiger partial charge in [0, 0.05) is 34.9 Å². The van der Waals surface area contributed by atoms with Crippen LogP contribution in [0.25, 0.3) is 22.0 Å². The van der Waals surface area contributed by atoms with Crippen molar-refractivity contribution >= 4 is 16.6 Å². The molecule has 118 valence electrons. The van der Waals surface area contributed by atoms with Crippen molar-refractivity contribution in [2.24, 2.45) is 0 Å². The van der Waals surface area contributed by atoms with Crippen LogP contribution in [-0.4, -0.2) is 20.1 Å². The molecule has 23 heavy (non-hydrogen) atoms. The molecule has 5 nitrogen and oxygen atoms in total. The van der Waals surface area contributed by atoms with Gasteiger partial charge >= 0.3 is 0 Å². The van der Waals surface area contributed by atoms with Crippen LogP contribution in [0.3, 0.4) is 0 Å². The summed E-state index contributed by atoms with van der Waals surface area (Å²) in [6.07, 6.45) is 6.45. The third kappa shape index (κ3) is 3.14. The molecule has 0 aliphatic heterocycles. The predicted octanol–water partition coefficient (Wildman–Crippen LogP) is 3.42. The quantitative estimate of drug-likeness (QED) is 0.771. The lowest BCUT2D eigenvalue weighted by Gasteiger charge is -2.12. The molecule has 0 spiro atoms. The van der Waals surface area contributed by atoms with Gasteiger partial charge in [-0.25, -0.2) is 4.98 Å². The van der Waals surface area contributed by atoms with E-state index in [0.717, 1.165) is 34.0 Å². The SMILES string of the molecule is CCCC(O)c1cc(C)c(-c2cc3cnc(N)cc3cn2)cn1. The molecule has 0 aliphatic rings. The van der Waals surface area contributed by atoms with Gasteiger partial charge in [0.25, 0.3) is 0 Å². The predicted molar refractivity (Wildman–Crippen MR) is 91.8 cm³/mol. The summed E-state index contributed by atoms with van der Waals surface area (Å²) in [5.41, 5.74) is 9.24. The lowest BCUT2D eigenvalue weighted by molar-refractivity contribution is 0.161. The lowest BCUT2D eigenvalue weighted by Crippen LogP contribution is -2.01. The molecule has 0 aromatic carbocycles. The van der Waals surface area contributed by atoms with Crippen LogP contribution < -0.4 is 5.73 Å². The summed E-state index contributed by atoms with van der Waals surface area (Å²) in [5.74, 6) is 0.485. The van der Waals surface area contributed by atoms with E-state index in [9.17, 15) is 5.11 Å². The highest BCUT2D eigenvalue weighted by atomic mass is 16.3. The molecule has 3 heterocycles. The van der Waals surface area contributed by atoms with E-state index in [2.05, 4.69) is 15.0 Å². The Bertz CT molecular complexity index is 848. The Kier molecular flexibility index (Phi) is 4.21. The van der Waals surface area contributed by atoms with Gasteiger partial charge in [-0.3, -0.25) is 9.97 Å². The number of nitrogens with two attached hydrogens (primary N) is 1. The number of aromatic nitrogens is 3. The monoisotopic (exact) mass is 308 g/mol. The van der Waals surface area contributed by atoms with Crippen molar-refractivity contribution in [3.05, 3.63) is 48.0 Å². The Morgan fingerprint density at radius 3 is 2.52 bits per heavy atom. The van der Waals surface area contributed by atoms with Crippen molar-refractivity contribution < 1.29 is 5.11 Å². The molecular weight excluding hydrogens is 288 g/mol. The zero-order valence-electron chi connectivity index (χ0n) is 13.3. The second kappa shape index (κ2) is 6.30. The number of aryl methyl sites for hydroxylation is 1. The van der Waals surface area contributed by atoms with Crippen LogP contribution in [0.5, 0.6) is 0 Å². The third-order valence-corrected chi connectivity index (χ3v) is 3.94. The van der Waals surface area contributed by atoms with E-state index < -0.39 is 6.10 Å². The first kappa shape index (κ1) is 15.4. The standard InChI is InChI=1S/C18H20N4O/c1-3-4-17(23)16-5-11(2)14(10-21-16)15-6-12-9-22-18(19)7-13(12)8-20-15/h5-10,17,23H,3-4H2,1-2H3,(H2,19,22). The van der Waals surface area contributed by atoms with E-state index >= 15 is 0 Å². The summed E-state index contributed by atoms with van der Waals surface area (Å²) in [6.45, 7) is 4.05. The Morgan fingerprint density at radius 1 is 1.04 bits per heavy atom. The van der Waals surface area contributed by atoms with Gasteiger partial charge in [0.1, 0.15) is 5.82 Å². The zero-order chi connectivity index (χ0) is 16.4. The van der Waals surface area contributed by atoms with Crippen molar-refractivity contribution in [3.8, 4) is 11.3 Å². The number of hydrogen-bond donors (Lipinski definition) is 2. The Morgan fingerprint density at radius 2 is 1.78 bits per heavy atom. The second-order valence-corrected chi connectivity index (χ2v) is 5.75. The van der Waals surface area contributed by atoms with E-state index in [1.807, 2.05) is 26.0 Å². The smallest absolute Gasteiger partial charge is 0.123 e. The summed E-state index contributed by atoms with van der Waals surface area (Å²) in [4.78, 5) is 13.0. The molecule has 0 saturated carbocycles. The molecule has 0 radical (unpaired) electrons. The fourth-order valence-electron chi connectivity index (χ4n) is 2.65. The molecule has 0 fully saturated rings. The van der Waals surface area contributed by atoms with Crippen LogP contribution in [0.4, 0.5) is 5.82 Å². The molecule has 0 aliphatic carbocycles. The molecule has 5 heteroatoms. The first-order chi connectivity index (χ1) is 11.1. The average molecular weight is 308 g/mol. The van der Waals surface area contributed by atoms with Gasteiger partial charge in [-0.2, -0.15) is 0 Å². The highest BCUT2D eigenvalue weighted by molar-refractivity contribution is 5.86. The highest BCUT2D eigenvalue weighted by Gasteiger charge is 2.12. The Labute approximate surface area is 135 Å². The lowest BCUT2D eigenvalue weighted by atomic mass is 10.0. The number of nitrogens with zero attached hydrogens (tertiary/aromatic N) is 3. The van der Waals surface area contributed by atoms with Crippen LogP contribution in [0, 0.1) is 6.92 Å². The Balaban J connectivity index is 1.99. The van der Waals surface area contributed by atoms with Crippen molar-refractivity contribution in [1.82, 2.24) is 15.0 Å². The molecular formula is C18H20N4O. The number of aliphatic hydroxyl groups excluding tert-OH is 1. The first-order valence-corrected chi connectivity index (χ1v) is 7.74. The zero-order valence-corrected chi connectivity index (χ0v) is 13.3. The van der Waals surface area contributed by atoms with Crippen LogP contribution in [-0.2, 0) is 0 Å². The van der Waals surface area contributed by atoms with Crippen molar-refractivity contribution in [3.63, 3.8) is 0 Å². The number of fused-ring (bicyclic) bond motifs is 1. The van der Waals surface area contributed by atoms with Gasteiger partial charge in [-0.1, -0.05) is 13.3 Å². The minimum atomic E-state index is -0.510. The maximum absolute atomic E-state index is 10.1. The topological polar surface area (TPSA) is 84.9 Å².